The molecule has 1 heterocycles. The largest absolute Gasteiger partial charge is 0.383 e. The van der Waals surface area contributed by atoms with Crippen LogP contribution in [0.15, 0.2) is 30.3 Å². The van der Waals surface area contributed by atoms with Crippen LogP contribution >= 0.6 is 0 Å². The van der Waals surface area contributed by atoms with E-state index in [1.165, 1.54) is 0 Å². The van der Waals surface area contributed by atoms with Gasteiger partial charge in [-0.15, -0.1) is 0 Å². The molecule has 24 heavy (non-hydrogen) atoms. The van der Waals surface area contributed by atoms with Crippen LogP contribution in [-0.4, -0.2) is 17.1 Å². The van der Waals surface area contributed by atoms with Crippen LogP contribution in [0.2, 0.25) is 0 Å². The van der Waals surface area contributed by atoms with Crippen LogP contribution in [0, 0.1) is 0 Å². The zero-order chi connectivity index (χ0) is 17.7. The first-order chi connectivity index (χ1) is 11.5. The topological polar surface area (TPSA) is 117 Å². The number of aromatic nitrogens is 1. The minimum absolute atomic E-state index is 0.0351. The first-order valence-corrected chi connectivity index (χ1v) is 8.61. The predicted molar refractivity (Wildman–Crippen MR) is 102 cm³/mol. The van der Waals surface area contributed by atoms with Gasteiger partial charge in [0.1, 0.15) is 11.6 Å². The van der Waals surface area contributed by atoms with Crippen LogP contribution in [0.5, 0.6) is 0 Å². The third kappa shape index (κ3) is 4.04. The second-order valence-corrected chi connectivity index (χ2v) is 6.33. The van der Waals surface area contributed by atoms with Crippen molar-refractivity contribution in [1.29, 1.82) is 0 Å². The standard InChI is InChI=1S/C19H29N5/c1-3-13(20)10-15-17(12-8-6-5-7-9-12)16(11-14(21)4-2)19(23)24-18(15)22/h5-9,13-14H,3-4,10-11,20-21H2,1-2H3,(H4,22,23,24). The van der Waals surface area contributed by atoms with Gasteiger partial charge in [-0.05, 0) is 36.8 Å². The molecule has 1 aromatic carbocycles. The monoisotopic (exact) mass is 327 g/mol. The summed E-state index contributed by atoms with van der Waals surface area (Å²) < 4.78 is 0. The maximum atomic E-state index is 6.22. The van der Waals surface area contributed by atoms with E-state index in [0.717, 1.165) is 35.1 Å². The Labute approximate surface area is 144 Å². The van der Waals surface area contributed by atoms with Crippen LogP contribution < -0.4 is 22.9 Å². The third-order valence-corrected chi connectivity index (χ3v) is 4.51. The van der Waals surface area contributed by atoms with Gasteiger partial charge in [0.15, 0.2) is 0 Å². The Morgan fingerprint density at radius 1 is 0.833 bits per heavy atom. The van der Waals surface area contributed by atoms with Crippen molar-refractivity contribution < 1.29 is 0 Å². The van der Waals surface area contributed by atoms with Gasteiger partial charge >= 0.3 is 0 Å². The van der Waals surface area contributed by atoms with E-state index < -0.39 is 0 Å². The fourth-order valence-electron chi connectivity index (χ4n) is 2.88. The van der Waals surface area contributed by atoms with E-state index >= 15 is 0 Å². The maximum absolute atomic E-state index is 6.22. The molecule has 0 bridgehead atoms. The molecule has 0 saturated carbocycles. The van der Waals surface area contributed by atoms with Crippen LogP contribution in [0.3, 0.4) is 0 Å². The summed E-state index contributed by atoms with van der Waals surface area (Å²) in [5.41, 5.74) is 28.9. The van der Waals surface area contributed by atoms with Crippen LogP contribution in [0.1, 0.15) is 37.8 Å². The first-order valence-electron chi connectivity index (χ1n) is 8.61. The lowest BCUT2D eigenvalue weighted by Crippen LogP contribution is -2.26. The molecule has 130 valence electrons. The van der Waals surface area contributed by atoms with Gasteiger partial charge in [-0.1, -0.05) is 44.2 Å². The highest BCUT2D eigenvalue weighted by Crippen LogP contribution is 2.35. The van der Waals surface area contributed by atoms with Crippen molar-refractivity contribution in [3.05, 3.63) is 41.5 Å². The number of anilines is 2. The molecule has 0 radical (unpaired) electrons. The minimum Gasteiger partial charge on any atom is -0.383 e. The lowest BCUT2D eigenvalue weighted by atomic mass is 9.88. The molecule has 0 aliphatic rings. The second-order valence-electron chi connectivity index (χ2n) is 6.33. The Kier molecular flexibility index (Phi) is 6.17. The zero-order valence-electron chi connectivity index (χ0n) is 14.6. The molecule has 0 fully saturated rings. The summed E-state index contributed by atoms with van der Waals surface area (Å²) >= 11 is 0. The number of nitrogens with two attached hydrogens (primary N) is 4. The predicted octanol–water partition coefficient (Wildman–Crippen LogP) is 2.47. The van der Waals surface area contributed by atoms with E-state index in [2.05, 4.69) is 31.0 Å². The second kappa shape index (κ2) is 8.13. The highest BCUT2D eigenvalue weighted by atomic mass is 14.9. The quantitative estimate of drug-likeness (QED) is 0.623. The van der Waals surface area contributed by atoms with Gasteiger partial charge in [-0.2, -0.15) is 0 Å². The Hall–Kier alpha value is -2.11. The molecule has 5 heteroatoms. The normalized spacial score (nSPS) is 13.7. The Morgan fingerprint density at radius 3 is 1.71 bits per heavy atom. The van der Waals surface area contributed by atoms with Gasteiger partial charge in [-0.3, -0.25) is 0 Å². The Balaban J connectivity index is 2.66. The van der Waals surface area contributed by atoms with Crippen LogP contribution in [-0.2, 0) is 12.8 Å². The summed E-state index contributed by atoms with van der Waals surface area (Å²) in [6.45, 7) is 4.14. The molecular weight excluding hydrogens is 298 g/mol. The van der Waals surface area contributed by atoms with Crippen molar-refractivity contribution in [1.82, 2.24) is 4.98 Å². The number of nitrogen functional groups attached to an aromatic ring is 2. The van der Waals surface area contributed by atoms with Gasteiger partial charge in [0, 0.05) is 23.2 Å². The highest BCUT2D eigenvalue weighted by molar-refractivity contribution is 5.79. The summed E-state index contributed by atoms with van der Waals surface area (Å²) in [4.78, 5) is 4.38. The van der Waals surface area contributed by atoms with Crippen molar-refractivity contribution in [3.63, 3.8) is 0 Å². The van der Waals surface area contributed by atoms with Gasteiger partial charge in [0.25, 0.3) is 0 Å². The molecule has 2 unspecified atom stereocenters. The van der Waals surface area contributed by atoms with Crippen molar-refractivity contribution in [2.24, 2.45) is 11.5 Å². The van der Waals surface area contributed by atoms with Gasteiger partial charge in [0.2, 0.25) is 0 Å². The molecule has 0 saturated heterocycles. The fraction of sp³-hybridized carbons (Fsp3) is 0.421. The number of pyridine rings is 1. The van der Waals surface area contributed by atoms with Crippen molar-refractivity contribution >= 4 is 11.6 Å². The molecule has 1 aromatic heterocycles. The molecule has 0 amide bonds. The van der Waals surface area contributed by atoms with Gasteiger partial charge < -0.3 is 22.9 Å². The number of hydrogen-bond acceptors (Lipinski definition) is 5. The molecule has 2 aromatic rings. The van der Waals surface area contributed by atoms with Crippen molar-refractivity contribution in [2.75, 3.05) is 11.5 Å². The average molecular weight is 327 g/mol. The van der Waals surface area contributed by atoms with Gasteiger partial charge in [-0.25, -0.2) is 4.98 Å². The molecule has 2 rings (SSSR count). The number of hydrogen-bond donors (Lipinski definition) is 4. The summed E-state index contributed by atoms with van der Waals surface area (Å²) in [7, 11) is 0. The first kappa shape index (κ1) is 18.2. The van der Waals surface area contributed by atoms with E-state index in [1.54, 1.807) is 0 Å². The Morgan fingerprint density at radius 2 is 1.29 bits per heavy atom. The smallest absolute Gasteiger partial charge is 0.129 e. The van der Waals surface area contributed by atoms with Gasteiger partial charge in [0.05, 0.1) is 0 Å². The number of nitrogens with zero attached hydrogens (tertiary/aromatic N) is 1. The number of rotatable bonds is 7. The van der Waals surface area contributed by atoms with Crippen LogP contribution in [0.4, 0.5) is 11.6 Å². The lowest BCUT2D eigenvalue weighted by Gasteiger charge is -2.22. The SMILES string of the molecule is CCC(N)Cc1c(N)nc(N)c(CC(N)CC)c1-c1ccccc1. The van der Waals surface area contributed by atoms with E-state index in [9.17, 15) is 0 Å². The third-order valence-electron chi connectivity index (χ3n) is 4.51. The van der Waals surface area contributed by atoms with Crippen molar-refractivity contribution in [2.45, 2.75) is 51.6 Å². The summed E-state index contributed by atoms with van der Waals surface area (Å²) in [6.07, 6.45) is 3.10. The summed E-state index contributed by atoms with van der Waals surface area (Å²) in [5, 5.41) is 0. The fourth-order valence-corrected chi connectivity index (χ4v) is 2.88. The molecule has 0 aliphatic heterocycles. The molecule has 2 atom stereocenters. The lowest BCUT2D eigenvalue weighted by molar-refractivity contribution is 0.638. The highest BCUT2D eigenvalue weighted by Gasteiger charge is 2.21. The molecule has 0 aliphatic carbocycles. The van der Waals surface area contributed by atoms with E-state index in [-0.39, 0.29) is 12.1 Å². The zero-order valence-corrected chi connectivity index (χ0v) is 14.6. The van der Waals surface area contributed by atoms with E-state index in [1.807, 2.05) is 18.2 Å². The molecule has 8 N–H and O–H groups in total. The average Bonchev–Trinajstić information content (AvgIpc) is 2.59. The maximum Gasteiger partial charge on any atom is 0.129 e. The minimum atomic E-state index is 0.0351. The Bertz CT molecular complexity index is 633. The summed E-state index contributed by atoms with van der Waals surface area (Å²) in [6, 6.07) is 10.2. The molecule has 0 spiro atoms. The van der Waals surface area contributed by atoms with E-state index in [4.69, 9.17) is 22.9 Å². The summed E-state index contributed by atoms with van der Waals surface area (Å²) in [5.74, 6) is 0.924. The number of benzene rings is 1. The van der Waals surface area contributed by atoms with Crippen LogP contribution in [0.25, 0.3) is 11.1 Å². The van der Waals surface area contributed by atoms with E-state index in [0.29, 0.717) is 24.5 Å². The molecular formula is C19H29N5. The van der Waals surface area contributed by atoms with Crippen molar-refractivity contribution in [3.8, 4) is 11.1 Å². The molecule has 5 nitrogen and oxygen atoms in total.